The summed E-state index contributed by atoms with van der Waals surface area (Å²) >= 11 is 11.5. The van der Waals surface area contributed by atoms with Gasteiger partial charge < -0.3 is 4.90 Å². The SMILES string of the molecule is CCN(Cc1ccc(Cl)nc1)/C(Cl)=C/[N+](=O)[O-]. The third kappa shape index (κ3) is 4.58. The molecule has 0 saturated carbocycles. The van der Waals surface area contributed by atoms with Crippen LogP contribution in [0.5, 0.6) is 0 Å². The number of hydrogen-bond donors (Lipinski definition) is 0. The van der Waals surface area contributed by atoms with Gasteiger partial charge in [-0.05, 0) is 18.6 Å². The normalized spacial score (nSPS) is 11.4. The molecule has 1 aromatic heterocycles. The fraction of sp³-hybridized carbons (Fsp3) is 0.300. The molecule has 0 unspecified atom stereocenters. The van der Waals surface area contributed by atoms with Gasteiger partial charge in [0.2, 0.25) is 0 Å². The molecule has 17 heavy (non-hydrogen) atoms. The van der Waals surface area contributed by atoms with Crippen LogP contribution in [-0.4, -0.2) is 21.4 Å². The average Bonchev–Trinajstić information content (AvgIpc) is 2.27. The predicted molar refractivity (Wildman–Crippen MR) is 66.3 cm³/mol. The van der Waals surface area contributed by atoms with Crippen LogP contribution in [-0.2, 0) is 6.54 Å². The van der Waals surface area contributed by atoms with E-state index in [1.807, 2.05) is 6.92 Å². The van der Waals surface area contributed by atoms with Gasteiger partial charge in [-0.1, -0.05) is 29.3 Å². The molecule has 0 spiro atoms. The van der Waals surface area contributed by atoms with Gasteiger partial charge in [0.25, 0.3) is 6.20 Å². The second-order valence-electron chi connectivity index (χ2n) is 3.24. The third-order valence-corrected chi connectivity index (χ3v) is 2.62. The highest BCUT2D eigenvalue weighted by molar-refractivity contribution is 6.29. The quantitative estimate of drug-likeness (QED) is 0.359. The van der Waals surface area contributed by atoms with Gasteiger partial charge >= 0.3 is 0 Å². The molecule has 1 heterocycles. The summed E-state index contributed by atoms with van der Waals surface area (Å²) in [7, 11) is 0. The first kappa shape index (κ1) is 13.7. The van der Waals surface area contributed by atoms with Crippen LogP contribution < -0.4 is 0 Å². The summed E-state index contributed by atoms with van der Waals surface area (Å²) in [5, 5.41) is 10.8. The highest BCUT2D eigenvalue weighted by Gasteiger charge is 2.10. The van der Waals surface area contributed by atoms with Crippen LogP contribution in [0.25, 0.3) is 0 Å². The maximum Gasteiger partial charge on any atom is 0.269 e. The number of aromatic nitrogens is 1. The second kappa shape index (κ2) is 6.42. The lowest BCUT2D eigenvalue weighted by Gasteiger charge is -2.20. The van der Waals surface area contributed by atoms with Crippen LogP contribution in [0.1, 0.15) is 12.5 Å². The van der Waals surface area contributed by atoms with Crippen molar-refractivity contribution in [2.45, 2.75) is 13.5 Å². The molecule has 0 aliphatic carbocycles. The first-order valence-corrected chi connectivity index (χ1v) is 5.64. The van der Waals surface area contributed by atoms with E-state index in [1.165, 1.54) is 0 Å². The van der Waals surface area contributed by atoms with Crippen molar-refractivity contribution >= 4 is 23.2 Å². The number of halogens is 2. The molecule has 0 N–H and O–H groups in total. The van der Waals surface area contributed by atoms with Crippen molar-refractivity contribution in [3.05, 3.63) is 50.5 Å². The lowest BCUT2D eigenvalue weighted by atomic mass is 10.3. The second-order valence-corrected chi connectivity index (χ2v) is 4.02. The Labute approximate surface area is 109 Å². The lowest BCUT2D eigenvalue weighted by molar-refractivity contribution is -0.403. The Balaban J connectivity index is 2.76. The molecule has 0 aromatic carbocycles. The fourth-order valence-corrected chi connectivity index (χ4v) is 1.60. The molecule has 0 saturated heterocycles. The van der Waals surface area contributed by atoms with E-state index in [4.69, 9.17) is 23.2 Å². The maximum absolute atomic E-state index is 10.3. The van der Waals surface area contributed by atoms with Gasteiger partial charge in [0, 0.05) is 19.3 Å². The first-order valence-electron chi connectivity index (χ1n) is 4.89. The molecule has 1 rings (SSSR count). The van der Waals surface area contributed by atoms with E-state index in [9.17, 15) is 10.1 Å². The van der Waals surface area contributed by atoms with E-state index in [0.717, 1.165) is 11.8 Å². The summed E-state index contributed by atoms with van der Waals surface area (Å²) in [6.45, 7) is 2.87. The van der Waals surface area contributed by atoms with Gasteiger partial charge in [0.05, 0.1) is 4.92 Å². The van der Waals surface area contributed by atoms with Crippen molar-refractivity contribution in [3.63, 3.8) is 0 Å². The molecule has 5 nitrogen and oxygen atoms in total. The molecular weight excluding hydrogens is 265 g/mol. The summed E-state index contributed by atoms with van der Waals surface area (Å²) < 4.78 is 0. The van der Waals surface area contributed by atoms with Crippen molar-refractivity contribution in [1.29, 1.82) is 0 Å². The van der Waals surface area contributed by atoms with Crippen LogP contribution in [0.15, 0.2) is 29.7 Å². The standard InChI is InChI=1S/C10H11Cl2N3O2/c1-2-14(10(12)7-15(16)17)6-8-3-4-9(11)13-5-8/h3-5,7H,2,6H2,1H3/b10-7+. The first-order chi connectivity index (χ1) is 8.02. The highest BCUT2D eigenvalue weighted by atomic mass is 35.5. The van der Waals surface area contributed by atoms with Gasteiger partial charge in [-0.2, -0.15) is 0 Å². The van der Waals surface area contributed by atoms with Crippen molar-refractivity contribution in [3.8, 4) is 0 Å². The molecule has 0 atom stereocenters. The Bertz CT molecular complexity index is 420. The van der Waals surface area contributed by atoms with Crippen molar-refractivity contribution in [1.82, 2.24) is 9.88 Å². The van der Waals surface area contributed by atoms with Crippen LogP contribution in [0.2, 0.25) is 5.15 Å². The van der Waals surface area contributed by atoms with Gasteiger partial charge in [0.1, 0.15) is 5.15 Å². The maximum atomic E-state index is 10.3. The molecule has 0 fully saturated rings. The Kier molecular flexibility index (Phi) is 5.18. The monoisotopic (exact) mass is 275 g/mol. The summed E-state index contributed by atoms with van der Waals surface area (Å²) in [6, 6.07) is 3.46. The Morgan fingerprint density at radius 3 is 2.82 bits per heavy atom. The molecule has 7 heteroatoms. The highest BCUT2D eigenvalue weighted by Crippen LogP contribution is 2.14. The summed E-state index contributed by atoms with van der Waals surface area (Å²) in [5.41, 5.74) is 0.881. The van der Waals surface area contributed by atoms with Gasteiger partial charge in [-0.3, -0.25) is 10.1 Å². The zero-order chi connectivity index (χ0) is 12.8. The topological polar surface area (TPSA) is 59.3 Å². The summed E-state index contributed by atoms with van der Waals surface area (Å²) in [6.07, 6.45) is 2.38. The minimum absolute atomic E-state index is 0.0902. The van der Waals surface area contributed by atoms with Crippen LogP contribution in [0.4, 0.5) is 0 Å². The Morgan fingerprint density at radius 2 is 2.35 bits per heavy atom. The molecular formula is C10H11Cl2N3O2. The van der Waals surface area contributed by atoms with E-state index in [0.29, 0.717) is 18.2 Å². The zero-order valence-electron chi connectivity index (χ0n) is 9.14. The molecule has 0 aliphatic heterocycles. The summed E-state index contributed by atoms with van der Waals surface area (Å²) in [4.78, 5) is 15.3. The van der Waals surface area contributed by atoms with E-state index in [2.05, 4.69) is 4.98 Å². The molecule has 0 bridgehead atoms. The smallest absolute Gasteiger partial charge is 0.269 e. The number of hydrogen-bond acceptors (Lipinski definition) is 4. The van der Waals surface area contributed by atoms with Crippen LogP contribution >= 0.6 is 23.2 Å². The molecule has 92 valence electrons. The van der Waals surface area contributed by atoms with Gasteiger partial charge in [0.15, 0.2) is 5.16 Å². The zero-order valence-corrected chi connectivity index (χ0v) is 10.6. The molecule has 0 amide bonds. The number of nitro groups is 1. The van der Waals surface area contributed by atoms with Crippen molar-refractivity contribution in [2.24, 2.45) is 0 Å². The number of pyridine rings is 1. The van der Waals surface area contributed by atoms with Crippen LogP contribution in [0, 0.1) is 10.1 Å². The van der Waals surface area contributed by atoms with Gasteiger partial charge in [-0.25, -0.2) is 4.98 Å². The van der Waals surface area contributed by atoms with E-state index in [-0.39, 0.29) is 5.16 Å². The lowest BCUT2D eigenvalue weighted by Crippen LogP contribution is -2.20. The molecule has 1 aromatic rings. The average molecular weight is 276 g/mol. The van der Waals surface area contributed by atoms with Crippen molar-refractivity contribution < 1.29 is 4.92 Å². The summed E-state index contributed by atoms with van der Waals surface area (Å²) in [5.74, 6) is 0. The fourth-order valence-electron chi connectivity index (χ4n) is 1.23. The van der Waals surface area contributed by atoms with Crippen molar-refractivity contribution in [2.75, 3.05) is 6.54 Å². The minimum Gasteiger partial charge on any atom is -0.353 e. The van der Waals surface area contributed by atoms with E-state index >= 15 is 0 Å². The minimum atomic E-state index is -0.578. The van der Waals surface area contributed by atoms with E-state index in [1.54, 1.807) is 23.2 Å². The molecule has 0 aliphatic rings. The largest absolute Gasteiger partial charge is 0.353 e. The molecule has 0 radical (unpaired) electrons. The Hall–Kier alpha value is -1.33. The van der Waals surface area contributed by atoms with Crippen LogP contribution in [0.3, 0.4) is 0 Å². The third-order valence-electron chi connectivity index (χ3n) is 2.06. The predicted octanol–water partition coefficient (Wildman–Crippen LogP) is 2.87. The number of rotatable bonds is 5. The van der Waals surface area contributed by atoms with Gasteiger partial charge in [-0.15, -0.1) is 0 Å². The van der Waals surface area contributed by atoms with E-state index < -0.39 is 4.92 Å². The Morgan fingerprint density at radius 1 is 1.65 bits per heavy atom. The number of nitrogens with zero attached hydrogens (tertiary/aromatic N) is 3.